The van der Waals surface area contributed by atoms with Gasteiger partial charge in [0.2, 0.25) is 0 Å². The van der Waals surface area contributed by atoms with Crippen LogP contribution in [0.5, 0.6) is 5.75 Å². The molecule has 0 unspecified atom stereocenters. The molecule has 0 aliphatic carbocycles. The number of nitrogens with zero attached hydrogens (tertiary/aromatic N) is 1. The van der Waals surface area contributed by atoms with Crippen LogP contribution in [0.4, 0.5) is 0 Å². The molecule has 69 heavy (non-hydrogen) atoms. The topological polar surface area (TPSA) is 91.8 Å². The van der Waals surface area contributed by atoms with E-state index in [9.17, 15) is 14.4 Å². The van der Waals surface area contributed by atoms with Crippen molar-refractivity contribution in [2.45, 2.75) is 349 Å². The first-order chi connectivity index (χ1) is 33.9. The zero-order valence-electron chi connectivity index (χ0n) is 46.3. The number of aromatic nitrogens is 1. The van der Waals surface area contributed by atoms with Gasteiger partial charge in [0, 0.05) is 36.6 Å². The van der Waals surface area contributed by atoms with Crippen LogP contribution in [0.3, 0.4) is 0 Å². The normalized spacial score (nSPS) is 11.4. The molecule has 1 rings (SSSR count). The Morgan fingerprint density at radius 2 is 0.594 bits per heavy atom. The third-order valence-corrected chi connectivity index (χ3v) is 14.3. The highest BCUT2D eigenvalue weighted by molar-refractivity contribution is 5.73. The summed E-state index contributed by atoms with van der Waals surface area (Å²) < 4.78 is 17.6. The highest BCUT2D eigenvalue weighted by Crippen LogP contribution is 2.29. The lowest BCUT2D eigenvalue weighted by Gasteiger charge is -2.17. The van der Waals surface area contributed by atoms with Crippen molar-refractivity contribution in [1.29, 1.82) is 0 Å². The van der Waals surface area contributed by atoms with Gasteiger partial charge < -0.3 is 14.2 Å². The number of ether oxygens (including phenoxy) is 3. The lowest BCUT2D eigenvalue weighted by Crippen LogP contribution is -2.15. The zero-order chi connectivity index (χ0) is 49.9. The van der Waals surface area contributed by atoms with Crippen LogP contribution < -0.4 is 4.74 Å². The molecule has 1 heterocycles. The maximum absolute atomic E-state index is 13.2. The molecule has 402 valence electrons. The van der Waals surface area contributed by atoms with Crippen molar-refractivity contribution in [3.63, 3.8) is 0 Å². The molecule has 0 saturated carbocycles. The Labute approximate surface area is 427 Å². The predicted molar refractivity (Wildman–Crippen MR) is 293 cm³/mol. The fourth-order valence-corrected chi connectivity index (χ4v) is 9.64. The van der Waals surface area contributed by atoms with Crippen LogP contribution in [-0.4, -0.2) is 22.9 Å². The second kappa shape index (κ2) is 50.5. The van der Waals surface area contributed by atoms with Crippen LogP contribution in [0.25, 0.3) is 0 Å². The number of unbranched alkanes of at least 4 members (excludes halogenated alkanes) is 42. The lowest BCUT2D eigenvalue weighted by molar-refractivity contribution is -0.146. The molecule has 0 atom stereocenters. The fourth-order valence-electron chi connectivity index (χ4n) is 9.64. The summed E-state index contributed by atoms with van der Waals surface area (Å²) in [7, 11) is 0. The van der Waals surface area contributed by atoms with Gasteiger partial charge in [-0.3, -0.25) is 19.4 Å². The van der Waals surface area contributed by atoms with E-state index in [2.05, 4.69) is 25.8 Å². The van der Waals surface area contributed by atoms with Crippen LogP contribution in [0.15, 0.2) is 6.20 Å². The van der Waals surface area contributed by atoms with E-state index in [1.165, 1.54) is 231 Å². The third-order valence-electron chi connectivity index (χ3n) is 14.3. The summed E-state index contributed by atoms with van der Waals surface area (Å²) in [5, 5.41) is 0. The molecular weight excluding hydrogens is 855 g/mol. The van der Waals surface area contributed by atoms with Crippen LogP contribution >= 0.6 is 0 Å². The van der Waals surface area contributed by atoms with E-state index in [0.29, 0.717) is 41.8 Å². The molecule has 0 amide bonds. The first-order valence-corrected chi connectivity index (χ1v) is 30.4. The van der Waals surface area contributed by atoms with Crippen LogP contribution in [0.1, 0.15) is 346 Å². The van der Waals surface area contributed by atoms with E-state index in [0.717, 1.165) is 57.8 Å². The average Bonchev–Trinajstić information content (AvgIpc) is 3.34. The van der Waals surface area contributed by atoms with Gasteiger partial charge in [0.25, 0.3) is 0 Å². The molecule has 0 fully saturated rings. The largest absolute Gasteiger partial charge is 0.461 e. The van der Waals surface area contributed by atoms with Gasteiger partial charge in [-0.05, 0) is 26.2 Å². The Kier molecular flexibility index (Phi) is 47.3. The highest BCUT2D eigenvalue weighted by atomic mass is 16.5. The number of aryl methyl sites for hydroxylation is 1. The molecule has 1 aromatic rings. The molecule has 0 aliphatic rings. The van der Waals surface area contributed by atoms with Crippen molar-refractivity contribution < 1.29 is 28.6 Å². The summed E-state index contributed by atoms with van der Waals surface area (Å²) in [5.74, 6) is -0.475. The summed E-state index contributed by atoms with van der Waals surface area (Å²) in [6, 6.07) is 0. The second-order valence-corrected chi connectivity index (χ2v) is 21.1. The van der Waals surface area contributed by atoms with Crippen molar-refractivity contribution in [3.8, 4) is 5.75 Å². The number of carbonyl (C=O) groups excluding carboxylic acids is 3. The Morgan fingerprint density at radius 3 is 0.884 bits per heavy atom. The summed E-state index contributed by atoms with van der Waals surface area (Å²) in [4.78, 5) is 43.6. The maximum Gasteiger partial charge on any atom is 0.311 e. The molecule has 0 N–H and O–H groups in total. The minimum atomic E-state index is -0.303. The van der Waals surface area contributed by atoms with Gasteiger partial charge in [0.1, 0.15) is 13.2 Å². The van der Waals surface area contributed by atoms with Crippen molar-refractivity contribution in [2.75, 3.05) is 0 Å². The Hall–Kier alpha value is -2.44. The third kappa shape index (κ3) is 41.8. The standard InChI is InChI=1S/C62H113NO6/c1-5-8-11-14-17-20-23-26-29-32-35-38-41-44-47-50-59(64)67-54-57-53-63-56(4)62(69-61(66)52-49-46-43-40-37-34-31-28-25-22-19-16-13-10-7-3)58(57)55-68-60(65)51-48-45-42-39-36-33-30-27-24-21-18-15-12-9-6-2/h53H,5-52,54-55H2,1-4H3. The van der Waals surface area contributed by atoms with Gasteiger partial charge >= 0.3 is 17.9 Å². The maximum atomic E-state index is 13.2. The quantitative estimate of drug-likeness (QED) is 0.0474. The number of pyridine rings is 1. The van der Waals surface area contributed by atoms with Crippen molar-refractivity contribution in [1.82, 2.24) is 4.98 Å². The molecule has 0 aromatic carbocycles. The van der Waals surface area contributed by atoms with Crippen molar-refractivity contribution in [2.24, 2.45) is 0 Å². The molecule has 7 nitrogen and oxygen atoms in total. The van der Waals surface area contributed by atoms with Crippen LogP contribution in [-0.2, 0) is 37.1 Å². The van der Waals surface area contributed by atoms with Gasteiger partial charge in [-0.1, -0.05) is 290 Å². The minimum absolute atomic E-state index is 0.000379. The number of hydrogen-bond donors (Lipinski definition) is 0. The molecule has 0 bridgehead atoms. The molecule has 0 spiro atoms. The number of carbonyl (C=O) groups is 3. The van der Waals surface area contributed by atoms with E-state index >= 15 is 0 Å². The highest BCUT2D eigenvalue weighted by Gasteiger charge is 2.20. The van der Waals surface area contributed by atoms with Gasteiger partial charge in [-0.25, -0.2) is 0 Å². The summed E-state index contributed by atoms with van der Waals surface area (Å²) >= 11 is 0. The Morgan fingerprint density at radius 1 is 0.348 bits per heavy atom. The first kappa shape index (κ1) is 64.6. The minimum Gasteiger partial charge on any atom is -0.461 e. The van der Waals surface area contributed by atoms with E-state index in [1.54, 1.807) is 6.20 Å². The van der Waals surface area contributed by atoms with Crippen molar-refractivity contribution in [3.05, 3.63) is 23.0 Å². The predicted octanol–water partition coefficient (Wildman–Crippen LogP) is 20.2. The molecule has 0 aliphatic heterocycles. The monoisotopic (exact) mass is 968 g/mol. The fraction of sp³-hybridized carbons (Fsp3) is 0.871. The van der Waals surface area contributed by atoms with Crippen molar-refractivity contribution >= 4 is 17.9 Å². The Balaban J connectivity index is 2.52. The summed E-state index contributed by atoms with van der Waals surface area (Å²) in [6.45, 7) is 8.59. The van der Waals surface area contributed by atoms with E-state index in [-0.39, 0.29) is 31.1 Å². The average molecular weight is 969 g/mol. The van der Waals surface area contributed by atoms with E-state index < -0.39 is 0 Å². The van der Waals surface area contributed by atoms with Gasteiger partial charge in [-0.2, -0.15) is 0 Å². The van der Waals surface area contributed by atoms with Crippen LogP contribution in [0.2, 0.25) is 0 Å². The Bertz CT molecular complexity index is 1310. The van der Waals surface area contributed by atoms with Gasteiger partial charge in [0.05, 0.1) is 5.69 Å². The van der Waals surface area contributed by atoms with E-state index in [1.807, 2.05) is 6.92 Å². The van der Waals surface area contributed by atoms with Crippen LogP contribution in [0, 0.1) is 6.92 Å². The molecular formula is C62H113NO6. The molecule has 7 heteroatoms. The smallest absolute Gasteiger partial charge is 0.311 e. The number of esters is 3. The lowest BCUT2D eigenvalue weighted by atomic mass is 10.0. The number of rotatable bonds is 53. The summed E-state index contributed by atoms with van der Waals surface area (Å²) in [5.41, 5.74) is 1.73. The summed E-state index contributed by atoms with van der Waals surface area (Å²) in [6.07, 6.45) is 60.1. The van der Waals surface area contributed by atoms with Gasteiger partial charge in [0.15, 0.2) is 5.75 Å². The first-order valence-electron chi connectivity index (χ1n) is 30.4. The zero-order valence-corrected chi connectivity index (χ0v) is 46.3. The molecule has 0 saturated heterocycles. The SMILES string of the molecule is CCCCCCCCCCCCCCCCCC(=O)OCc1cnc(C)c(OC(=O)CCCCCCCCCCCCCCCCC)c1COC(=O)CCCCCCCCCCCCCCCCC. The van der Waals surface area contributed by atoms with Gasteiger partial charge in [-0.15, -0.1) is 0 Å². The molecule has 1 aromatic heterocycles. The molecule has 0 radical (unpaired) electrons. The number of hydrogen-bond acceptors (Lipinski definition) is 7. The second-order valence-electron chi connectivity index (χ2n) is 21.1. The van der Waals surface area contributed by atoms with E-state index in [4.69, 9.17) is 14.2 Å².